The van der Waals surface area contributed by atoms with E-state index in [9.17, 15) is 13.5 Å². The SMILES string of the molecule is CO[C@@H](CNS(N)(=O)=O)[C@@H](O)Cn1ccc2c(N[C@H]3CCc4ccccc43)ncnc21. The van der Waals surface area contributed by atoms with Crippen LogP contribution in [0.2, 0.25) is 0 Å². The third-order valence-corrected chi connectivity index (χ3v) is 6.17. The number of benzene rings is 1. The Morgan fingerprint density at radius 2 is 2.13 bits per heavy atom. The topological polar surface area (TPSA) is 144 Å². The molecule has 1 aliphatic carbocycles. The van der Waals surface area contributed by atoms with E-state index >= 15 is 0 Å². The van der Waals surface area contributed by atoms with Gasteiger partial charge in [0.2, 0.25) is 0 Å². The summed E-state index contributed by atoms with van der Waals surface area (Å²) >= 11 is 0. The van der Waals surface area contributed by atoms with Gasteiger partial charge in [-0.25, -0.2) is 15.1 Å². The van der Waals surface area contributed by atoms with Gasteiger partial charge in [-0.3, -0.25) is 0 Å². The second-order valence-electron chi connectivity index (χ2n) is 7.60. The van der Waals surface area contributed by atoms with Crippen LogP contribution in [0.1, 0.15) is 23.6 Å². The van der Waals surface area contributed by atoms with E-state index in [1.54, 1.807) is 4.57 Å². The van der Waals surface area contributed by atoms with Crippen molar-refractivity contribution < 1.29 is 18.3 Å². The summed E-state index contributed by atoms with van der Waals surface area (Å²) in [6.07, 6.45) is 3.57. The van der Waals surface area contributed by atoms with Crippen LogP contribution in [0.3, 0.4) is 0 Å². The average molecular weight is 447 g/mol. The molecule has 11 heteroatoms. The van der Waals surface area contributed by atoms with Gasteiger partial charge in [0.15, 0.2) is 0 Å². The monoisotopic (exact) mass is 446 g/mol. The highest BCUT2D eigenvalue weighted by Crippen LogP contribution is 2.34. The van der Waals surface area contributed by atoms with Crippen LogP contribution in [0.15, 0.2) is 42.9 Å². The standard InChI is InChI=1S/C20H26N6O4S/c1-30-18(10-24-31(21,28)29)17(27)11-26-9-8-15-19(22-12-23-20(15)26)25-16-7-6-13-4-2-3-5-14(13)16/h2-5,8-9,12,16-18,24,27H,6-7,10-11H2,1H3,(H2,21,28,29)(H,22,23,25)/t16-,17-,18-/m0/s1. The molecule has 0 bridgehead atoms. The lowest BCUT2D eigenvalue weighted by atomic mass is 10.1. The molecule has 3 atom stereocenters. The van der Waals surface area contributed by atoms with E-state index in [1.165, 1.54) is 24.6 Å². The Bertz CT molecular complexity index is 1170. The van der Waals surface area contributed by atoms with Crippen LogP contribution in [-0.2, 0) is 27.9 Å². The molecular weight excluding hydrogens is 420 g/mol. The van der Waals surface area contributed by atoms with E-state index in [2.05, 4.69) is 38.2 Å². The van der Waals surface area contributed by atoms with Crippen molar-refractivity contribution in [2.45, 2.75) is 37.6 Å². The summed E-state index contributed by atoms with van der Waals surface area (Å²) in [4.78, 5) is 8.80. The highest BCUT2D eigenvalue weighted by Gasteiger charge is 2.24. The van der Waals surface area contributed by atoms with Crippen molar-refractivity contribution in [2.24, 2.45) is 5.14 Å². The van der Waals surface area contributed by atoms with Gasteiger partial charge in [-0.2, -0.15) is 13.1 Å². The first-order chi connectivity index (χ1) is 14.9. The molecule has 0 fully saturated rings. The summed E-state index contributed by atoms with van der Waals surface area (Å²) in [5.74, 6) is 0.735. The van der Waals surface area contributed by atoms with E-state index in [0.29, 0.717) is 5.65 Å². The van der Waals surface area contributed by atoms with Crippen molar-refractivity contribution >= 4 is 27.1 Å². The number of rotatable bonds is 9. The zero-order valence-electron chi connectivity index (χ0n) is 17.1. The molecule has 166 valence electrons. The predicted molar refractivity (Wildman–Crippen MR) is 117 cm³/mol. The van der Waals surface area contributed by atoms with Gasteiger partial charge in [-0.15, -0.1) is 0 Å². The Labute approximate surface area is 180 Å². The van der Waals surface area contributed by atoms with E-state index in [0.717, 1.165) is 24.0 Å². The first-order valence-corrected chi connectivity index (χ1v) is 11.5. The average Bonchev–Trinajstić information content (AvgIpc) is 3.33. The maximum Gasteiger partial charge on any atom is 0.274 e. The van der Waals surface area contributed by atoms with Crippen LogP contribution in [0.4, 0.5) is 5.82 Å². The molecule has 0 radical (unpaired) electrons. The van der Waals surface area contributed by atoms with E-state index in [4.69, 9.17) is 9.88 Å². The minimum atomic E-state index is -3.87. The van der Waals surface area contributed by atoms with Crippen molar-refractivity contribution in [2.75, 3.05) is 19.0 Å². The van der Waals surface area contributed by atoms with Crippen molar-refractivity contribution in [3.8, 4) is 0 Å². The number of fused-ring (bicyclic) bond motifs is 2. The van der Waals surface area contributed by atoms with Gasteiger partial charge in [0.1, 0.15) is 17.8 Å². The van der Waals surface area contributed by atoms with Gasteiger partial charge >= 0.3 is 0 Å². The molecule has 0 aliphatic heterocycles. The van der Waals surface area contributed by atoms with E-state index in [1.807, 2.05) is 18.3 Å². The first-order valence-electron chi connectivity index (χ1n) is 9.98. The van der Waals surface area contributed by atoms with Gasteiger partial charge in [-0.1, -0.05) is 24.3 Å². The Kier molecular flexibility index (Phi) is 6.21. The van der Waals surface area contributed by atoms with Crippen LogP contribution in [-0.4, -0.2) is 53.9 Å². The minimum absolute atomic E-state index is 0.140. The Balaban J connectivity index is 1.51. The number of aliphatic hydroxyl groups excluding tert-OH is 1. The fraction of sp³-hybridized carbons (Fsp3) is 0.400. The smallest absolute Gasteiger partial charge is 0.274 e. The van der Waals surface area contributed by atoms with Crippen LogP contribution in [0, 0.1) is 0 Å². The molecule has 0 amide bonds. The predicted octanol–water partition coefficient (Wildman–Crippen LogP) is 0.700. The molecule has 0 saturated heterocycles. The maximum absolute atomic E-state index is 11.1. The molecule has 1 aromatic carbocycles. The molecule has 5 N–H and O–H groups in total. The van der Waals surface area contributed by atoms with Crippen molar-refractivity contribution in [1.29, 1.82) is 0 Å². The summed E-state index contributed by atoms with van der Waals surface area (Å²) in [5, 5.41) is 19.9. The summed E-state index contributed by atoms with van der Waals surface area (Å²) in [6, 6.07) is 10.5. The maximum atomic E-state index is 11.1. The van der Waals surface area contributed by atoms with Crippen molar-refractivity contribution in [1.82, 2.24) is 19.3 Å². The number of hydrogen-bond acceptors (Lipinski definition) is 7. The molecule has 10 nitrogen and oxygen atoms in total. The normalized spacial score (nSPS) is 18.1. The lowest BCUT2D eigenvalue weighted by molar-refractivity contribution is -0.0153. The molecular formula is C20H26N6O4S. The van der Waals surface area contributed by atoms with Gasteiger partial charge < -0.3 is 19.7 Å². The lowest BCUT2D eigenvalue weighted by Gasteiger charge is -2.22. The van der Waals surface area contributed by atoms with E-state index < -0.39 is 22.4 Å². The lowest BCUT2D eigenvalue weighted by Crippen LogP contribution is -2.43. The third kappa shape index (κ3) is 4.86. The molecule has 0 spiro atoms. The van der Waals surface area contributed by atoms with E-state index in [-0.39, 0.29) is 19.1 Å². The van der Waals surface area contributed by atoms with Crippen LogP contribution in [0.5, 0.6) is 0 Å². The molecule has 31 heavy (non-hydrogen) atoms. The molecule has 1 aliphatic rings. The van der Waals surface area contributed by atoms with Gasteiger partial charge in [-0.05, 0) is 30.0 Å². The van der Waals surface area contributed by atoms with Crippen LogP contribution < -0.4 is 15.2 Å². The van der Waals surface area contributed by atoms with Gasteiger partial charge in [0.05, 0.1) is 30.2 Å². The summed E-state index contributed by atoms with van der Waals surface area (Å²) in [7, 11) is -2.48. The molecule has 0 unspecified atom stereocenters. The summed E-state index contributed by atoms with van der Waals surface area (Å²) in [5.41, 5.74) is 3.30. The number of aryl methyl sites for hydroxylation is 1. The van der Waals surface area contributed by atoms with Crippen molar-refractivity contribution in [3.63, 3.8) is 0 Å². The number of nitrogens with two attached hydrogens (primary N) is 1. The van der Waals surface area contributed by atoms with Gasteiger partial charge in [0, 0.05) is 19.9 Å². The number of ether oxygens (including phenoxy) is 1. The molecule has 2 heterocycles. The number of nitrogens with zero attached hydrogens (tertiary/aromatic N) is 3. The first kappa shape index (κ1) is 21.7. The van der Waals surface area contributed by atoms with Crippen molar-refractivity contribution in [3.05, 3.63) is 54.0 Å². The number of hydrogen-bond donors (Lipinski definition) is 4. The Morgan fingerprint density at radius 1 is 1.32 bits per heavy atom. The largest absolute Gasteiger partial charge is 0.388 e. The fourth-order valence-corrected chi connectivity index (χ4v) is 4.43. The number of aromatic nitrogens is 3. The second-order valence-corrected chi connectivity index (χ2v) is 8.98. The number of nitrogens with one attached hydrogen (secondary N) is 2. The molecule has 0 saturated carbocycles. The molecule has 3 aromatic rings. The summed E-state index contributed by atoms with van der Waals surface area (Å²) in [6.45, 7) is 0.0234. The summed E-state index contributed by atoms with van der Waals surface area (Å²) < 4.78 is 31.4. The minimum Gasteiger partial charge on any atom is -0.388 e. The second kappa shape index (κ2) is 8.89. The third-order valence-electron chi connectivity index (χ3n) is 5.60. The fourth-order valence-electron chi connectivity index (χ4n) is 4.03. The Morgan fingerprint density at radius 3 is 2.90 bits per heavy atom. The molecule has 2 aromatic heterocycles. The van der Waals surface area contributed by atoms with Crippen LogP contribution >= 0.6 is 0 Å². The number of aliphatic hydroxyl groups is 1. The van der Waals surface area contributed by atoms with Crippen LogP contribution in [0.25, 0.3) is 11.0 Å². The number of anilines is 1. The highest BCUT2D eigenvalue weighted by molar-refractivity contribution is 7.87. The van der Waals surface area contributed by atoms with Gasteiger partial charge in [0.25, 0.3) is 10.2 Å². The Hall–Kier alpha value is -2.57. The molecule has 4 rings (SSSR count). The highest BCUT2D eigenvalue weighted by atomic mass is 32.2. The zero-order valence-corrected chi connectivity index (χ0v) is 17.9. The zero-order chi connectivity index (χ0) is 22.0. The quantitative estimate of drug-likeness (QED) is 0.379. The number of methoxy groups -OCH3 is 1.